The second-order valence-electron chi connectivity index (χ2n) is 5.05. The number of benzene rings is 2. The van der Waals surface area contributed by atoms with Crippen LogP contribution < -0.4 is 4.74 Å². The van der Waals surface area contributed by atoms with Crippen molar-refractivity contribution in [3.05, 3.63) is 58.3 Å². The maximum Gasteiger partial charge on any atom is 0.293 e. The van der Waals surface area contributed by atoms with E-state index < -0.39 is 0 Å². The van der Waals surface area contributed by atoms with Crippen molar-refractivity contribution in [1.82, 2.24) is 4.98 Å². The molecule has 3 aromatic rings. The molecule has 0 aliphatic heterocycles. The van der Waals surface area contributed by atoms with Crippen LogP contribution in [0, 0.1) is 10.1 Å². The fourth-order valence-corrected chi connectivity index (χ4v) is 2.63. The molecule has 1 heterocycles. The summed E-state index contributed by atoms with van der Waals surface area (Å²) in [5, 5.41) is 12.1. The summed E-state index contributed by atoms with van der Waals surface area (Å²) >= 11 is 0. The Labute approximate surface area is 127 Å². The zero-order valence-electron chi connectivity index (χ0n) is 12.4. The van der Waals surface area contributed by atoms with Gasteiger partial charge in [-0.05, 0) is 41.8 Å². The standard InChI is InChI=1S/C17H16N2O3/c1-3-12-10-15-14(11-4-6-13(22-2)7-5-11)8-9-16(19(20)21)17(15)18-12/h4-10,18H,3H2,1-2H3. The minimum Gasteiger partial charge on any atom is -0.497 e. The highest BCUT2D eigenvalue weighted by Gasteiger charge is 2.17. The molecule has 0 bridgehead atoms. The number of rotatable bonds is 4. The summed E-state index contributed by atoms with van der Waals surface area (Å²) in [6, 6.07) is 13.0. The van der Waals surface area contributed by atoms with Crippen molar-refractivity contribution < 1.29 is 9.66 Å². The van der Waals surface area contributed by atoms with Gasteiger partial charge < -0.3 is 9.72 Å². The van der Waals surface area contributed by atoms with Gasteiger partial charge in [0, 0.05) is 17.1 Å². The second-order valence-corrected chi connectivity index (χ2v) is 5.05. The largest absolute Gasteiger partial charge is 0.497 e. The number of hydrogen-bond donors (Lipinski definition) is 1. The van der Waals surface area contributed by atoms with Gasteiger partial charge in [-0.2, -0.15) is 0 Å². The summed E-state index contributed by atoms with van der Waals surface area (Å²) in [7, 11) is 1.62. The Morgan fingerprint density at radius 1 is 1.18 bits per heavy atom. The predicted octanol–water partition coefficient (Wildman–Crippen LogP) is 4.31. The van der Waals surface area contributed by atoms with Crippen LogP contribution in [0.2, 0.25) is 0 Å². The molecule has 22 heavy (non-hydrogen) atoms. The predicted molar refractivity (Wildman–Crippen MR) is 86.3 cm³/mol. The third-order valence-corrected chi connectivity index (χ3v) is 3.81. The van der Waals surface area contributed by atoms with Crippen molar-refractivity contribution in [3.8, 4) is 16.9 Å². The van der Waals surface area contributed by atoms with Crippen LogP contribution in [0.3, 0.4) is 0 Å². The molecule has 0 atom stereocenters. The second kappa shape index (κ2) is 5.52. The number of nitro benzene ring substituents is 1. The van der Waals surface area contributed by atoms with Gasteiger partial charge in [-0.3, -0.25) is 10.1 Å². The van der Waals surface area contributed by atoms with E-state index >= 15 is 0 Å². The first kappa shape index (κ1) is 14.1. The van der Waals surface area contributed by atoms with Crippen LogP contribution in [0.5, 0.6) is 5.75 Å². The smallest absolute Gasteiger partial charge is 0.293 e. The minimum absolute atomic E-state index is 0.104. The molecule has 1 aromatic heterocycles. The molecular formula is C17H16N2O3. The summed E-state index contributed by atoms with van der Waals surface area (Å²) in [5.74, 6) is 0.783. The van der Waals surface area contributed by atoms with Gasteiger partial charge in [0.2, 0.25) is 0 Å². The van der Waals surface area contributed by atoms with Crippen LogP contribution >= 0.6 is 0 Å². The normalized spacial score (nSPS) is 10.8. The Kier molecular flexibility index (Phi) is 3.55. The van der Waals surface area contributed by atoms with Gasteiger partial charge in [0.05, 0.1) is 12.0 Å². The first-order chi connectivity index (χ1) is 10.6. The van der Waals surface area contributed by atoms with Gasteiger partial charge >= 0.3 is 0 Å². The van der Waals surface area contributed by atoms with Crippen LogP contribution in [0.4, 0.5) is 5.69 Å². The fourth-order valence-electron chi connectivity index (χ4n) is 2.63. The molecule has 0 saturated heterocycles. The van der Waals surface area contributed by atoms with Gasteiger partial charge in [0.1, 0.15) is 11.3 Å². The number of ether oxygens (including phenoxy) is 1. The number of nitrogens with one attached hydrogen (secondary N) is 1. The number of aryl methyl sites for hydroxylation is 1. The van der Waals surface area contributed by atoms with E-state index in [0.717, 1.165) is 34.4 Å². The molecule has 0 fully saturated rings. The molecule has 0 radical (unpaired) electrons. The lowest BCUT2D eigenvalue weighted by atomic mass is 10.0. The fraction of sp³-hybridized carbons (Fsp3) is 0.176. The van der Waals surface area contributed by atoms with E-state index in [1.807, 2.05) is 37.3 Å². The Morgan fingerprint density at radius 3 is 2.50 bits per heavy atom. The number of fused-ring (bicyclic) bond motifs is 1. The molecule has 0 unspecified atom stereocenters. The Bertz CT molecular complexity index is 835. The Morgan fingerprint density at radius 2 is 1.91 bits per heavy atom. The third-order valence-electron chi connectivity index (χ3n) is 3.81. The molecule has 1 N–H and O–H groups in total. The molecule has 0 aliphatic carbocycles. The highest BCUT2D eigenvalue weighted by molar-refractivity contribution is 6.00. The number of aromatic amines is 1. The number of nitrogens with zero attached hydrogens (tertiary/aromatic N) is 1. The third kappa shape index (κ3) is 2.30. The average molecular weight is 296 g/mol. The zero-order chi connectivity index (χ0) is 15.7. The van der Waals surface area contributed by atoms with Crippen molar-refractivity contribution in [3.63, 3.8) is 0 Å². The van der Waals surface area contributed by atoms with E-state index in [1.165, 1.54) is 0 Å². The van der Waals surface area contributed by atoms with Gasteiger partial charge in [-0.1, -0.05) is 19.1 Å². The van der Waals surface area contributed by atoms with E-state index in [2.05, 4.69) is 4.98 Å². The summed E-state index contributed by atoms with van der Waals surface area (Å²) in [6.45, 7) is 2.02. The van der Waals surface area contributed by atoms with Gasteiger partial charge in [-0.15, -0.1) is 0 Å². The molecule has 3 rings (SSSR count). The quantitative estimate of drug-likeness (QED) is 0.576. The molecule has 0 spiro atoms. The number of nitro groups is 1. The maximum absolute atomic E-state index is 11.2. The van der Waals surface area contributed by atoms with E-state index in [9.17, 15) is 10.1 Å². The molecule has 0 amide bonds. The van der Waals surface area contributed by atoms with Crippen LogP contribution in [0.25, 0.3) is 22.0 Å². The molecule has 5 heteroatoms. The Balaban J connectivity index is 2.23. The lowest BCUT2D eigenvalue weighted by molar-refractivity contribution is -0.383. The number of H-pyrrole nitrogens is 1. The maximum atomic E-state index is 11.2. The average Bonchev–Trinajstić information content (AvgIpc) is 2.98. The van der Waals surface area contributed by atoms with E-state index in [0.29, 0.717) is 5.52 Å². The summed E-state index contributed by atoms with van der Waals surface area (Å²) in [6.07, 6.45) is 0.799. The van der Waals surface area contributed by atoms with Crippen LogP contribution in [-0.2, 0) is 6.42 Å². The molecule has 2 aromatic carbocycles. The lowest BCUT2D eigenvalue weighted by Gasteiger charge is -2.06. The topological polar surface area (TPSA) is 68.2 Å². The highest BCUT2D eigenvalue weighted by atomic mass is 16.6. The Hall–Kier alpha value is -2.82. The molecule has 0 saturated carbocycles. The van der Waals surface area contributed by atoms with Gasteiger partial charge in [0.15, 0.2) is 0 Å². The first-order valence-corrected chi connectivity index (χ1v) is 7.07. The molecule has 5 nitrogen and oxygen atoms in total. The molecular weight excluding hydrogens is 280 g/mol. The van der Waals surface area contributed by atoms with Crippen molar-refractivity contribution in [2.45, 2.75) is 13.3 Å². The lowest BCUT2D eigenvalue weighted by Crippen LogP contribution is -1.91. The summed E-state index contributed by atoms with van der Waals surface area (Å²) in [4.78, 5) is 14.0. The van der Waals surface area contributed by atoms with Crippen molar-refractivity contribution >= 4 is 16.6 Å². The highest BCUT2D eigenvalue weighted by Crippen LogP contribution is 2.35. The zero-order valence-corrected chi connectivity index (χ0v) is 12.4. The number of non-ortho nitro benzene ring substituents is 1. The monoisotopic (exact) mass is 296 g/mol. The van der Waals surface area contributed by atoms with E-state index in [-0.39, 0.29) is 10.6 Å². The molecule has 0 aliphatic rings. The summed E-state index contributed by atoms with van der Waals surface area (Å²) < 4.78 is 5.17. The van der Waals surface area contributed by atoms with Crippen LogP contribution in [0.15, 0.2) is 42.5 Å². The van der Waals surface area contributed by atoms with Crippen LogP contribution in [-0.4, -0.2) is 17.0 Å². The van der Waals surface area contributed by atoms with Gasteiger partial charge in [0.25, 0.3) is 5.69 Å². The summed E-state index contributed by atoms with van der Waals surface area (Å²) in [5.41, 5.74) is 3.64. The van der Waals surface area contributed by atoms with E-state index in [1.54, 1.807) is 19.2 Å². The van der Waals surface area contributed by atoms with Crippen molar-refractivity contribution in [1.29, 1.82) is 0 Å². The van der Waals surface area contributed by atoms with Crippen LogP contribution in [0.1, 0.15) is 12.6 Å². The van der Waals surface area contributed by atoms with E-state index in [4.69, 9.17) is 4.74 Å². The van der Waals surface area contributed by atoms with Crippen molar-refractivity contribution in [2.24, 2.45) is 0 Å². The number of methoxy groups -OCH3 is 1. The number of hydrogen-bond acceptors (Lipinski definition) is 3. The van der Waals surface area contributed by atoms with Gasteiger partial charge in [-0.25, -0.2) is 0 Å². The number of aromatic nitrogens is 1. The first-order valence-electron chi connectivity index (χ1n) is 7.07. The van der Waals surface area contributed by atoms with Crippen molar-refractivity contribution in [2.75, 3.05) is 7.11 Å². The minimum atomic E-state index is -0.351. The molecule has 112 valence electrons. The SMILES string of the molecule is CCc1cc2c(-c3ccc(OC)cc3)ccc([N+](=O)[O-])c2[nH]1.